The molecule has 3 aliphatic heterocycles. The number of hydrogen-bond acceptors (Lipinski definition) is 2. The van der Waals surface area contributed by atoms with Crippen LogP contribution in [-0.2, 0) is 16.2 Å². The van der Waals surface area contributed by atoms with Gasteiger partial charge < -0.3 is 4.90 Å². The number of hydrogen-bond donors (Lipinski definition) is 0. The van der Waals surface area contributed by atoms with Crippen molar-refractivity contribution in [3.8, 4) is 33.4 Å². The normalized spacial score (nSPS) is 15.7. The number of nitrogens with zero attached hydrogens (tertiary/aromatic N) is 1. The largest absolute Gasteiger partial charge is 0.309 e. The average molecular weight is 824 g/mol. The Labute approximate surface area is 373 Å². The third-order valence-electron chi connectivity index (χ3n) is 14.9. The number of anilines is 3. The van der Waals surface area contributed by atoms with Gasteiger partial charge in [0.1, 0.15) is 0 Å². The van der Waals surface area contributed by atoms with Crippen LogP contribution in [0.5, 0.6) is 0 Å². The number of benzene rings is 9. The van der Waals surface area contributed by atoms with Crippen LogP contribution in [0, 0.1) is 0 Å². The highest BCUT2D eigenvalue weighted by molar-refractivity contribution is 7.26. The summed E-state index contributed by atoms with van der Waals surface area (Å²) in [6.07, 6.45) is 0. The summed E-state index contributed by atoms with van der Waals surface area (Å²) in [7, 11) is 0. The van der Waals surface area contributed by atoms with E-state index in [4.69, 9.17) is 0 Å². The Hall–Kier alpha value is -7.00. The first kappa shape index (κ1) is 36.6. The minimum Gasteiger partial charge on any atom is -0.309 e. The Morgan fingerprint density at radius 2 is 0.889 bits per heavy atom. The lowest BCUT2D eigenvalue weighted by atomic mass is 9.56. The zero-order valence-corrected chi connectivity index (χ0v) is 36.7. The maximum atomic E-state index is 2.71. The molecule has 13 rings (SSSR count). The van der Waals surface area contributed by atoms with Crippen LogP contribution in [0.2, 0.25) is 0 Å². The highest BCUT2D eigenvalue weighted by Gasteiger charge is 2.55. The zero-order chi connectivity index (χ0) is 42.2. The minimum absolute atomic E-state index is 0.247. The predicted octanol–water partition coefficient (Wildman–Crippen LogP) is 16.5. The van der Waals surface area contributed by atoms with Crippen LogP contribution in [0.15, 0.2) is 200 Å². The topological polar surface area (TPSA) is 3.24 Å². The molecule has 63 heavy (non-hydrogen) atoms. The molecule has 0 radical (unpaired) electrons. The SMILES string of the molecule is CC1(C)c2cccc3c2N2c4c(cccc4C3(c3ccccc3)c3ccccc3)C(C)(C)c3c(-c4ccc5c(c4)sc4cc(-c6ccccc6)cc(-c6ccccc6)c45)ccc1c32. The van der Waals surface area contributed by atoms with E-state index in [9.17, 15) is 0 Å². The van der Waals surface area contributed by atoms with Gasteiger partial charge in [0.25, 0.3) is 0 Å². The van der Waals surface area contributed by atoms with Crippen molar-refractivity contribution >= 4 is 48.6 Å². The predicted molar refractivity (Wildman–Crippen MR) is 266 cm³/mol. The van der Waals surface area contributed by atoms with E-state index in [0.717, 1.165) is 0 Å². The van der Waals surface area contributed by atoms with Gasteiger partial charge in [0.05, 0.1) is 22.5 Å². The molecule has 2 heteroatoms. The number of rotatable bonds is 5. The highest BCUT2D eigenvalue weighted by atomic mass is 32.1. The van der Waals surface area contributed by atoms with Crippen molar-refractivity contribution in [2.45, 2.75) is 43.9 Å². The quantitative estimate of drug-likeness (QED) is 0.167. The van der Waals surface area contributed by atoms with Crippen molar-refractivity contribution in [2.75, 3.05) is 4.90 Å². The fraction of sp³-hybridized carbons (Fsp3) is 0.115. The second kappa shape index (κ2) is 13.0. The third-order valence-corrected chi connectivity index (χ3v) is 16.0. The van der Waals surface area contributed by atoms with Crippen LogP contribution in [-0.4, -0.2) is 0 Å². The van der Waals surface area contributed by atoms with Crippen LogP contribution in [0.25, 0.3) is 53.6 Å². The number of para-hydroxylation sites is 2. The summed E-state index contributed by atoms with van der Waals surface area (Å²) in [5, 5.41) is 2.65. The summed E-state index contributed by atoms with van der Waals surface area (Å²) in [5.41, 5.74) is 21.3. The van der Waals surface area contributed by atoms with Gasteiger partial charge in [0, 0.05) is 31.0 Å². The summed E-state index contributed by atoms with van der Waals surface area (Å²) in [6.45, 7) is 9.85. The van der Waals surface area contributed by atoms with E-state index in [0.29, 0.717) is 0 Å². The Morgan fingerprint density at radius 3 is 1.51 bits per heavy atom. The lowest BCUT2D eigenvalue weighted by Crippen LogP contribution is -2.46. The van der Waals surface area contributed by atoms with Crippen LogP contribution in [0.3, 0.4) is 0 Å². The molecule has 0 spiro atoms. The molecule has 0 amide bonds. The molecule has 0 saturated carbocycles. The molecule has 10 aromatic rings. The van der Waals surface area contributed by atoms with E-state index in [2.05, 4.69) is 233 Å². The monoisotopic (exact) mass is 823 g/mol. The molecule has 1 nitrogen and oxygen atoms in total. The molecule has 3 aliphatic rings. The molecule has 4 heterocycles. The summed E-state index contributed by atoms with van der Waals surface area (Å²) in [4.78, 5) is 2.71. The van der Waals surface area contributed by atoms with E-state index in [1.807, 2.05) is 11.3 Å². The molecule has 0 aliphatic carbocycles. The molecule has 9 aromatic carbocycles. The first-order valence-corrected chi connectivity index (χ1v) is 23.1. The van der Waals surface area contributed by atoms with Gasteiger partial charge in [-0.05, 0) is 96.1 Å². The van der Waals surface area contributed by atoms with Crippen molar-refractivity contribution in [3.05, 3.63) is 245 Å². The number of thiophene rings is 1. The van der Waals surface area contributed by atoms with Gasteiger partial charge in [-0.1, -0.05) is 210 Å². The summed E-state index contributed by atoms with van der Waals surface area (Å²) < 4.78 is 2.63. The van der Waals surface area contributed by atoms with Crippen LogP contribution in [0.1, 0.15) is 72.2 Å². The van der Waals surface area contributed by atoms with Crippen LogP contribution < -0.4 is 4.90 Å². The molecule has 1 aromatic heterocycles. The third kappa shape index (κ3) is 4.82. The van der Waals surface area contributed by atoms with Crippen molar-refractivity contribution in [1.82, 2.24) is 0 Å². The maximum Gasteiger partial charge on any atom is 0.0742 e. The molecule has 0 N–H and O–H groups in total. The lowest BCUT2D eigenvalue weighted by Gasteiger charge is -2.56. The van der Waals surface area contributed by atoms with Gasteiger partial charge in [-0.3, -0.25) is 0 Å². The smallest absolute Gasteiger partial charge is 0.0742 e. The van der Waals surface area contributed by atoms with E-state index in [1.165, 1.54) is 115 Å². The minimum atomic E-state index is -0.514. The van der Waals surface area contributed by atoms with Crippen molar-refractivity contribution in [1.29, 1.82) is 0 Å². The van der Waals surface area contributed by atoms with Crippen molar-refractivity contribution in [3.63, 3.8) is 0 Å². The zero-order valence-electron chi connectivity index (χ0n) is 35.9. The van der Waals surface area contributed by atoms with E-state index >= 15 is 0 Å². The molecular formula is C61H45NS. The first-order chi connectivity index (χ1) is 30.8. The summed E-state index contributed by atoms with van der Waals surface area (Å²) >= 11 is 1.92. The van der Waals surface area contributed by atoms with Gasteiger partial charge in [-0.15, -0.1) is 11.3 Å². The van der Waals surface area contributed by atoms with E-state index < -0.39 is 5.41 Å². The molecule has 0 atom stereocenters. The fourth-order valence-electron chi connectivity index (χ4n) is 12.0. The Kier molecular flexibility index (Phi) is 7.57. The number of fused-ring (bicyclic) bond motifs is 3. The molecule has 0 unspecified atom stereocenters. The maximum absolute atomic E-state index is 2.71. The second-order valence-corrected chi connectivity index (χ2v) is 19.9. The van der Waals surface area contributed by atoms with Crippen LogP contribution in [0.4, 0.5) is 17.1 Å². The van der Waals surface area contributed by atoms with Crippen molar-refractivity contribution < 1.29 is 0 Å². The molecular weight excluding hydrogens is 779 g/mol. The Morgan fingerprint density at radius 1 is 0.365 bits per heavy atom. The van der Waals surface area contributed by atoms with Crippen molar-refractivity contribution in [2.24, 2.45) is 0 Å². The Balaban J connectivity index is 1.08. The first-order valence-electron chi connectivity index (χ1n) is 22.3. The fourth-order valence-corrected chi connectivity index (χ4v) is 13.2. The molecule has 0 saturated heterocycles. The summed E-state index contributed by atoms with van der Waals surface area (Å²) in [5.74, 6) is 0. The lowest BCUT2D eigenvalue weighted by molar-refractivity contribution is 0.584. The average Bonchev–Trinajstić information content (AvgIpc) is 3.70. The van der Waals surface area contributed by atoms with Gasteiger partial charge in [-0.2, -0.15) is 0 Å². The van der Waals surface area contributed by atoms with Crippen LogP contribution >= 0.6 is 11.3 Å². The molecule has 0 fully saturated rings. The second-order valence-electron chi connectivity index (χ2n) is 18.8. The van der Waals surface area contributed by atoms with Gasteiger partial charge in [0.15, 0.2) is 0 Å². The Bertz CT molecular complexity index is 3430. The van der Waals surface area contributed by atoms with Gasteiger partial charge in [0.2, 0.25) is 0 Å². The van der Waals surface area contributed by atoms with E-state index in [1.54, 1.807) is 0 Å². The molecule has 0 bridgehead atoms. The highest BCUT2D eigenvalue weighted by Crippen LogP contribution is 2.69. The van der Waals surface area contributed by atoms with E-state index in [-0.39, 0.29) is 10.8 Å². The van der Waals surface area contributed by atoms with Gasteiger partial charge in [-0.25, -0.2) is 0 Å². The summed E-state index contributed by atoms with van der Waals surface area (Å²) in [6, 6.07) is 75.5. The standard InChI is InChI=1S/C61H45NS/c1-59(2)47-27-17-29-50-56(47)62-57-48(28-18-30-51(57)61(50,42-23-13-7-14-24-42)43-25-15-8-16-26-43)60(3,4)55-44(33-34-49(59)58(55)62)40-31-32-45-52(36-40)63-53-37-41(38-19-9-5-10-20-38)35-46(54(45)53)39-21-11-6-12-22-39/h5-37H,1-4H3. The molecule has 300 valence electrons. The van der Waals surface area contributed by atoms with Gasteiger partial charge >= 0.3 is 0 Å².